The molecule has 0 spiro atoms. The number of hydrogen-bond donors (Lipinski definition) is 2. The second kappa shape index (κ2) is 7.83. The number of carbonyl (C=O) groups is 1. The molecular formula is C16H15ClN4OS2. The van der Waals surface area contributed by atoms with Gasteiger partial charge in [-0.05, 0) is 30.0 Å². The summed E-state index contributed by atoms with van der Waals surface area (Å²) in [5.74, 6) is 0.878. The molecule has 5 nitrogen and oxygen atoms in total. The molecule has 0 aliphatic rings. The van der Waals surface area contributed by atoms with Crippen molar-refractivity contribution < 1.29 is 4.79 Å². The van der Waals surface area contributed by atoms with Crippen LogP contribution in [0.3, 0.4) is 0 Å². The molecule has 0 radical (unpaired) electrons. The van der Waals surface area contributed by atoms with Gasteiger partial charge < -0.3 is 5.32 Å². The maximum Gasteiger partial charge on any atom is 0.230 e. The fourth-order valence-corrected chi connectivity index (χ4v) is 3.72. The van der Waals surface area contributed by atoms with Crippen molar-refractivity contribution >= 4 is 40.6 Å². The molecule has 24 heavy (non-hydrogen) atoms. The Balaban J connectivity index is 1.53. The summed E-state index contributed by atoms with van der Waals surface area (Å²) >= 11 is 9.03. The summed E-state index contributed by atoms with van der Waals surface area (Å²) in [6.07, 6.45) is 0. The lowest BCUT2D eigenvalue weighted by molar-refractivity contribution is -0.119. The highest BCUT2D eigenvalue weighted by atomic mass is 35.5. The van der Waals surface area contributed by atoms with Crippen molar-refractivity contribution in [3.05, 3.63) is 52.4 Å². The average Bonchev–Trinajstić information content (AvgIpc) is 3.24. The van der Waals surface area contributed by atoms with E-state index in [1.54, 1.807) is 11.3 Å². The van der Waals surface area contributed by atoms with Gasteiger partial charge in [0.2, 0.25) is 11.1 Å². The number of nitrogens with zero attached hydrogens (tertiary/aromatic N) is 2. The van der Waals surface area contributed by atoms with Gasteiger partial charge in [0.25, 0.3) is 0 Å². The molecular weight excluding hydrogens is 364 g/mol. The highest BCUT2D eigenvalue weighted by Gasteiger charge is 2.14. The predicted molar refractivity (Wildman–Crippen MR) is 98.4 cm³/mol. The van der Waals surface area contributed by atoms with E-state index in [9.17, 15) is 4.79 Å². The van der Waals surface area contributed by atoms with E-state index in [1.807, 2.05) is 48.7 Å². The van der Waals surface area contributed by atoms with E-state index in [2.05, 4.69) is 20.5 Å². The van der Waals surface area contributed by atoms with Crippen LogP contribution in [0.1, 0.15) is 18.5 Å². The lowest BCUT2D eigenvalue weighted by atomic mass is 10.1. The van der Waals surface area contributed by atoms with E-state index in [0.717, 1.165) is 16.3 Å². The van der Waals surface area contributed by atoms with Crippen LogP contribution < -0.4 is 5.32 Å². The summed E-state index contributed by atoms with van der Waals surface area (Å²) in [7, 11) is 0. The molecule has 0 fully saturated rings. The maximum absolute atomic E-state index is 12.1. The van der Waals surface area contributed by atoms with Crippen molar-refractivity contribution in [2.45, 2.75) is 18.1 Å². The first-order valence-electron chi connectivity index (χ1n) is 7.26. The van der Waals surface area contributed by atoms with E-state index < -0.39 is 0 Å². The molecule has 0 bridgehead atoms. The number of thiophene rings is 1. The number of aromatic amines is 1. The van der Waals surface area contributed by atoms with Crippen LogP contribution in [0.5, 0.6) is 0 Å². The predicted octanol–water partition coefficient (Wildman–Crippen LogP) is 4.16. The Bertz CT molecular complexity index is 819. The van der Waals surface area contributed by atoms with Gasteiger partial charge >= 0.3 is 0 Å². The van der Waals surface area contributed by atoms with Crippen LogP contribution in [0.15, 0.2) is 46.9 Å². The molecule has 3 rings (SSSR count). The van der Waals surface area contributed by atoms with Crippen LogP contribution in [-0.4, -0.2) is 26.8 Å². The third-order valence-corrected chi connectivity index (χ3v) is 5.37. The van der Waals surface area contributed by atoms with Gasteiger partial charge in [-0.3, -0.25) is 9.89 Å². The van der Waals surface area contributed by atoms with Crippen LogP contribution in [-0.2, 0) is 4.79 Å². The highest BCUT2D eigenvalue weighted by molar-refractivity contribution is 7.99. The first-order chi connectivity index (χ1) is 11.6. The van der Waals surface area contributed by atoms with Crippen molar-refractivity contribution in [3.8, 4) is 10.7 Å². The van der Waals surface area contributed by atoms with Gasteiger partial charge in [0.05, 0.1) is 16.7 Å². The number of nitrogens with one attached hydrogen (secondary N) is 2. The topological polar surface area (TPSA) is 70.7 Å². The Kier molecular flexibility index (Phi) is 5.55. The molecule has 2 N–H and O–H groups in total. The van der Waals surface area contributed by atoms with E-state index in [1.165, 1.54) is 11.8 Å². The fourth-order valence-electron chi connectivity index (χ4n) is 2.15. The Morgan fingerprint density at radius 3 is 2.96 bits per heavy atom. The number of aromatic nitrogens is 3. The lowest BCUT2D eigenvalue weighted by Gasteiger charge is -2.15. The zero-order valence-electron chi connectivity index (χ0n) is 12.8. The van der Waals surface area contributed by atoms with Crippen molar-refractivity contribution in [2.24, 2.45) is 0 Å². The monoisotopic (exact) mass is 378 g/mol. The molecule has 0 aliphatic carbocycles. The third kappa shape index (κ3) is 4.17. The summed E-state index contributed by atoms with van der Waals surface area (Å²) in [5.41, 5.74) is 0.899. The molecule has 1 amide bonds. The van der Waals surface area contributed by atoms with Crippen molar-refractivity contribution in [2.75, 3.05) is 5.75 Å². The molecule has 8 heteroatoms. The van der Waals surface area contributed by atoms with Gasteiger partial charge in [0, 0.05) is 5.02 Å². The van der Waals surface area contributed by atoms with Crippen LogP contribution in [0.4, 0.5) is 0 Å². The molecule has 2 heterocycles. The Morgan fingerprint density at radius 1 is 1.38 bits per heavy atom. The molecule has 1 atom stereocenters. The molecule has 1 unspecified atom stereocenters. The van der Waals surface area contributed by atoms with E-state index in [4.69, 9.17) is 11.6 Å². The van der Waals surface area contributed by atoms with Crippen LogP contribution in [0.25, 0.3) is 10.7 Å². The summed E-state index contributed by atoms with van der Waals surface area (Å²) < 4.78 is 0. The number of thioether (sulfide) groups is 1. The number of hydrogen-bond acceptors (Lipinski definition) is 5. The number of halogens is 1. The van der Waals surface area contributed by atoms with Gasteiger partial charge in [-0.15, -0.1) is 16.4 Å². The van der Waals surface area contributed by atoms with Gasteiger partial charge in [0.1, 0.15) is 0 Å². The molecule has 0 aliphatic heterocycles. The summed E-state index contributed by atoms with van der Waals surface area (Å²) in [5, 5.41) is 13.1. The molecule has 1 aromatic carbocycles. The standard InChI is InChI=1S/C16H15ClN4OS2/c1-10(11-5-2-3-6-12(11)17)18-14(22)9-24-16-19-15(20-21-16)13-7-4-8-23-13/h2-8,10H,9H2,1H3,(H,18,22)(H,19,20,21). The first kappa shape index (κ1) is 17.0. The summed E-state index contributed by atoms with van der Waals surface area (Å²) in [6, 6.07) is 11.3. The van der Waals surface area contributed by atoms with Gasteiger partial charge in [0.15, 0.2) is 5.82 Å². The Labute approximate surface area is 152 Å². The fraction of sp³-hybridized carbons (Fsp3) is 0.188. The minimum absolute atomic E-state index is 0.0881. The Hall–Kier alpha value is -1.83. The van der Waals surface area contributed by atoms with Crippen molar-refractivity contribution in [1.29, 1.82) is 0 Å². The van der Waals surface area contributed by atoms with Gasteiger partial charge in [-0.2, -0.15) is 0 Å². The third-order valence-electron chi connectivity index (χ3n) is 3.30. The molecule has 0 saturated carbocycles. The molecule has 0 saturated heterocycles. The number of amides is 1. The SMILES string of the molecule is CC(NC(=O)CSc1n[nH]c(-c2cccs2)n1)c1ccccc1Cl. The molecule has 124 valence electrons. The second-order valence-electron chi connectivity index (χ2n) is 5.04. The normalized spacial score (nSPS) is 12.1. The highest BCUT2D eigenvalue weighted by Crippen LogP contribution is 2.24. The summed E-state index contributed by atoms with van der Waals surface area (Å²) in [4.78, 5) is 17.5. The Morgan fingerprint density at radius 2 is 2.21 bits per heavy atom. The summed E-state index contributed by atoms with van der Waals surface area (Å²) in [6.45, 7) is 1.91. The zero-order valence-corrected chi connectivity index (χ0v) is 15.2. The van der Waals surface area contributed by atoms with Crippen LogP contribution in [0.2, 0.25) is 5.02 Å². The quantitative estimate of drug-likeness (QED) is 0.632. The van der Waals surface area contributed by atoms with Crippen molar-refractivity contribution in [3.63, 3.8) is 0 Å². The largest absolute Gasteiger partial charge is 0.349 e. The average molecular weight is 379 g/mol. The molecule has 2 aromatic heterocycles. The minimum Gasteiger partial charge on any atom is -0.349 e. The first-order valence-corrected chi connectivity index (χ1v) is 9.50. The van der Waals surface area contributed by atoms with E-state index in [-0.39, 0.29) is 17.7 Å². The smallest absolute Gasteiger partial charge is 0.230 e. The minimum atomic E-state index is -0.152. The van der Waals surface area contributed by atoms with Crippen LogP contribution in [0, 0.1) is 0 Å². The van der Waals surface area contributed by atoms with E-state index >= 15 is 0 Å². The van der Waals surface area contributed by atoms with Gasteiger partial charge in [-0.1, -0.05) is 47.6 Å². The molecule has 3 aromatic rings. The second-order valence-corrected chi connectivity index (χ2v) is 7.34. The lowest BCUT2D eigenvalue weighted by Crippen LogP contribution is -2.28. The number of rotatable bonds is 6. The number of benzene rings is 1. The zero-order chi connectivity index (χ0) is 16.9. The van der Waals surface area contributed by atoms with Crippen LogP contribution >= 0.6 is 34.7 Å². The van der Waals surface area contributed by atoms with Crippen molar-refractivity contribution in [1.82, 2.24) is 20.5 Å². The van der Waals surface area contributed by atoms with Gasteiger partial charge in [-0.25, -0.2) is 4.98 Å². The van der Waals surface area contributed by atoms with E-state index in [0.29, 0.717) is 10.2 Å². The number of carbonyl (C=O) groups excluding carboxylic acids is 1. The number of H-pyrrole nitrogens is 1. The maximum atomic E-state index is 12.1.